The van der Waals surface area contributed by atoms with Crippen molar-refractivity contribution in [2.24, 2.45) is 10.9 Å². The second-order valence-electron chi connectivity index (χ2n) is 6.99. The first-order valence-electron chi connectivity index (χ1n) is 10.1. The van der Waals surface area contributed by atoms with Crippen molar-refractivity contribution in [3.8, 4) is 0 Å². The van der Waals surface area contributed by atoms with Crippen LogP contribution in [0.3, 0.4) is 0 Å². The molecule has 0 aliphatic carbocycles. The molecule has 1 aromatic carbocycles. The summed E-state index contributed by atoms with van der Waals surface area (Å²) in [5, 5.41) is 3.28. The van der Waals surface area contributed by atoms with Crippen molar-refractivity contribution in [2.45, 2.75) is 31.2 Å². The summed E-state index contributed by atoms with van der Waals surface area (Å²) in [6, 6.07) is 6.76. The van der Waals surface area contributed by atoms with Crippen molar-refractivity contribution in [3.63, 3.8) is 0 Å². The summed E-state index contributed by atoms with van der Waals surface area (Å²) in [5.41, 5.74) is 0.796. The molecule has 0 unspecified atom stereocenters. The van der Waals surface area contributed by atoms with Crippen LogP contribution in [0.1, 0.15) is 25.3 Å². The number of hydrogen-bond acceptors (Lipinski definition) is 6. The number of carbonyl (C=O) groups is 1. The van der Waals surface area contributed by atoms with E-state index in [9.17, 15) is 13.2 Å². The number of hydrogen-bond donors (Lipinski definition) is 2. The number of esters is 1. The van der Waals surface area contributed by atoms with Crippen molar-refractivity contribution in [1.29, 1.82) is 0 Å². The Kier molecular flexibility index (Phi) is 9.54. The van der Waals surface area contributed by atoms with Crippen LogP contribution in [0.15, 0.2) is 34.2 Å². The maximum absolute atomic E-state index is 12.4. The molecule has 0 aromatic heterocycles. The first-order valence-corrected chi connectivity index (χ1v) is 11.6. The fraction of sp³-hybridized carbons (Fsp3) is 0.600. The van der Waals surface area contributed by atoms with Gasteiger partial charge < -0.3 is 19.7 Å². The molecule has 168 valence electrons. The highest BCUT2D eigenvalue weighted by Crippen LogP contribution is 2.19. The topological polar surface area (TPSA) is 109 Å². The van der Waals surface area contributed by atoms with Crippen molar-refractivity contribution in [1.82, 2.24) is 14.9 Å². The Hall–Kier alpha value is -2.17. The Morgan fingerprint density at radius 2 is 2.00 bits per heavy atom. The number of sulfonamides is 1. The first kappa shape index (κ1) is 24.1. The number of guanidine groups is 1. The van der Waals surface area contributed by atoms with Gasteiger partial charge >= 0.3 is 5.97 Å². The third-order valence-corrected chi connectivity index (χ3v) is 6.34. The third kappa shape index (κ3) is 6.96. The molecular weight excluding hydrogens is 408 g/mol. The van der Waals surface area contributed by atoms with Crippen LogP contribution in [0.2, 0.25) is 0 Å². The van der Waals surface area contributed by atoms with Crippen molar-refractivity contribution in [2.75, 3.05) is 47.0 Å². The Morgan fingerprint density at radius 3 is 2.63 bits per heavy atom. The summed E-state index contributed by atoms with van der Waals surface area (Å²) in [6.07, 6.45) is 1.44. The van der Waals surface area contributed by atoms with Gasteiger partial charge in [-0.05, 0) is 37.5 Å². The predicted molar refractivity (Wildman–Crippen MR) is 115 cm³/mol. The number of methoxy groups -OCH3 is 2. The van der Waals surface area contributed by atoms with E-state index >= 15 is 0 Å². The number of piperidine rings is 1. The maximum Gasteiger partial charge on any atom is 0.308 e. The smallest absolute Gasteiger partial charge is 0.308 e. The van der Waals surface area contributed by atoms with Gasteiger partial charge in [0, 0.05) is 33.3 Å². The molecule has 1 fully saturated rings. The lowest BCUT2D eigenvalue weighted by atomic mass is 9.97. The molecular formula is C20H32N4O5S. The molecule has 9 nitrogen and oxygen atoms in total. The second-order valence-corrected chi connectivity index (χ2v) is 8.76. The van der Waals surface area contributed by atoms with E-state index in [1.165, 1.54) is 14.2 Å². The average Bonchev–Trinajstić information content (AvgIpc) is 2.76. The summed E-state index contributed by atoms with van der Waals surface area (Å²) in [4.78, 5) is 18.7. The van der Waals surface area contributed by atoms with E-state index in [2.05, 4.69) is 19.9 Å². The number of likely N-dealkylation sites (tertiary alicyclic amines) is 1. The Bertz CT molecular complexity index is 820. The van der Waals surface area contributed by atoms with Gasteiger partial charge in [0.05, 0.1) is 31.1 Å². The Morgan fingerprint density at radius 1 is 1.27 bits per heavy atom. The van der Waals surface area contributed by atoms with Gasteiger partial charge in [0.2, 0.25) is 10.0 Å². The molecule has 30 heavy (non-hydrogen) atoms. The highest BCUT2D eigenvalue weighted by molar-refractivity contribution is 7.89. The van der Waals surface area contributed by atoms with Gasteiger partial charge in [-0.2, -0.15) is 0 Å². The summed E-state index contributed by atoms with van der Waals surface area (Å²) >= 11 is 0. The van der Waals surface area contributed by atoms with Gasteiger partial charge in [-0.15, -0.1) is 0 Å². The largest absolute Gasteiger partial charge is 0.469 e. The van der Waals surface area contributed by atoms with Gasteiger partial charge in [0.25, 0.3) is 0 Å². The number of benzene rings is 1. The molecule has 10 heteroatoms. The summed E-state index contributed by atoms with van der Waals surface area (Å²) < 4.78 is 37.0. The molecule has 1 saturated heterocycles. The zero-order valence-electron chi connectivity index (χ0n) is 17.9. The number of nitrogens with one attached hydrogen (secondary N) is 2. The van der Waals surface area contributed by atoms with Crippen molar-refractivity contribution in [3.05, 3.63) is 29.8 Å². The normalized spacial score (nSPS) is 15.8. The SMILES string of the molecule is CCNC(=NCc1cccc(S(=O)(=O)NCCOC)c1)N1CCC(C(=O)OC)CC1. The highest BCUT2D eigenvalue weighted by atomic mass is 32.2. The third-order valence-electron chi connectivity index (χ3n) is 4.88. The Balaban J connectivity index is 2.05. The molecule has 0 spiro atoms. The lowest BCUT2D eigenvalue weighted by molar-refractivity contribution is -0.146. The van der Waals surface area contributed by atoms with E-state index < -0.39 is 10.0 Å². The van der Waals surface area contributed by atoms with Gasteiger partial charge in [0.1, 0.15) is 0 Å². The standard InChI is InChI=1S/C20H32N4O5S/c1-4-21-20(24-11-8-17(9-12-24)19(25)29-3)22-15-16-6-5-7-18(14-16)30(26,27)23-10-13-28-2/h5-7,14,17,23H,4,8-13,15H2,1-3H3,(H,21,22). The maximum atomic E-state index is 12.4. The van der Waals surface area contributed by atoms with Gasteiger partial charge in [-0.3, -0.25) is 4.79 Å². The van der Waals surface area contributed by atoms with E-state index in [-0.39, 0.29) is 23.3 Å². The van der Waals surface area contributed by atoms with Crippen LogP contribution in [0.25, 0.3) is 0 Å². The van der Waals surface area contributed by atoms with E-state index in [1.807, 2.05) is 13.0 Å². The highest BCUT2D eigenvalue weighted by Gasteiger charge is 2.27. The lowest BCUT2D eigenvalue weighted by Crippen LogP contribution is -2.46. The van der Waals surface area contributed by atoms with Crippen LogP contribution in [0.5, 0.6) is 0 Å². The minimum Gasteiger partial charge on any atom is -0.469 e. The van der Waals surface area contributed by atoms with Crippen LogP contribution in [0.4, 0.5) is 0 Å². The van der Waals surface area contributed by atoms with E-state index in [0.717, 1.165) is 24.4 Å². The zero-order valence-corrected chi connectivity index (χ0v) is 18.7. The molecule has 0 saturated carbocycles. The fourth-order valence-corrected chi connectivity index (χ4v) is 4.34. The molecule has 0 radical (unpaired) electrons. The molecule has 1 aliphatic rings. The minimum atomic E-state index is -3.59. The second kappa shape index (κ2) is 11.9. The predicted octanol–water partition coefficient (Wildman–Crippen LogP) is 0.962. The number of carbonyl (C=O) groups excluding carboxylic acids is 1. The number of rotatable bonds is 9. The molecule has 1 aromatic rings. The van der Waals surface area contributed by atoms with Crippen LogP contribution in [-0.2, 0) is 30.8 Å². The monoisotopic (exact) mass is 440 g/mol. The van der Waals surface area contributed by atoms with Crippen LogP contribution in [0, 0.1) is 5.92 Å². The quantitative estimate of drug-likeness (QED) is 0.255. The molecule has 0 amide bonds. The number of aliphatic imine (C=N–C) groups is 1. The van der Waals surface area contributed by atoms with E-state index in [0.29, 0.717) is 32.8 Å². The zero-order chi connectivity index (χ0) is 22.0. The summed E-state index contributed by atoms with van der Waals surface area (Å²) in [5.74, 6) is 0.530. The minimum absolute atomic E-state index is 0.0679. The molecule has 1 aliphatic heterocycles. The van der Waals surface area contributed by atoms with Crippen molar-refractivity contribution >= 4 is 22.0 Å². The number of nitrogens with zero attached hydrogens (tertiary/aromatic N) is 2. The molecule has 0 atom stereocenters. The Labute approximate surface area is 178 Å². The van der Waals surface area contributed by atoms with Crippen LogP contribution >= 0.6 is 0 Å². The van der Waals surface area contributed by atoms with Crippen molar-refractivity contribution < 1.29 is 22.7 Å². The van der Waals surface area contributed by atoms with Gasteiger partial charge in [-0.25, -0.2) is 18.1 Å². The molecule has 2 rings (SSSR count). The van der Waals surface area contributed by atoms with Crippen LogP contribution < -0.4 is 10.0 Å². The average molecular weight is 441 g/mol. The molecule has 2 N–H and O–H groups in total. The van der Waals surface area contributed by atoms with Gasteiger partial charge in [-0.1, -0.05) is 12.1 Å². The van der Waals surface area contributed by atoms with E-state index in [1.54, 1.807) is 18.2 Å². The summed E-state index contributed by atoms with van der Waals surface area (Å²) in [6.45, 7) is 5.01. The van der Waals surface area contributed by atoms with E-state index in [4.69, 9.17) is 9.47 Å². The van der Waals surface area contributed by atoms with Gasteiger partial charge in [0.15, 0.2) is 5.96 Å². The number of ether oxygens (including phenoxy) is 2. The summed E-state index contributed by atoms with van der Waals surface area (Å²) in [7, 11) is -0.651. The fourth-order valence-electron chi connectivity index (χ4n) is 3.26. The lowest BCUT2D eigenvalue weighted by Gasteiger charge is -2.33. The van der Waals surface area contributed by atoms with Crippen LogP contribution in [-0.4, -0.2) is 72.3 Å². The molecule has 0 bridgehead atoms. The first-order chi connectivity index (χ1) is 14.4. The molecule has 1 heterocycles.